The van der Waals surface area contributed by atoms with E-state index in [9.17, 15) is 4.79 Å². The van der Waals surface area contributed by atoms with E-state index >= 15 is 0 Å². The maximum atomic E-state index is 12.3. The number of benzene rings is 2. The van der Waals surface area contributed by atoms with Crippen LogP contribution in [0.1, 0.15) is 27.0 Å². The molecule has 2 aromatic rings. The zero-order valence-electron chi connectivity index (χ0n) is 11.2. The van der Waals surface area contributed by atoms with Crippen LogP contribution in [0, 0.1) is 6.92 Å². The molecule has 2 N–H and O–H groups in total. The summed E-state index contributed by atoms with van der Waals surface area (Å²) in [6, 6.07) is 11.3. The first-order valence-electron chi connectivity index (χ1n) is 6.53. The Morgan fingerprint density at radius 3 is 2.80 bits per heavy atom. The van der Waals surface area contributed by atoms with Crippen molar-refractivity contribution in [3.05, 3.63) is 63.7 Å². The summed E-state index contributed by atoms with van der Waals surface area (Å²) in [6.45, 7) is 3.65. The molecule has 1 heterocycles. The molecule has 2 aromatic carbocycles. The molecule has 0 saturated heterocycles. The zero-order chi connectivity index (χ0) is 14.1. The molecule has 0 saturated carbocycles. The van der Waals surface area contributed by atoms with Gasteiger partial charge in [-0.05, 0) is 47.9 Å². The van der Waals surface area contributed by atoms with E-state index in [2.05, 4.69) is 10.6 Å². The fourth-order valence-corrected chi connectivity index (χ4v) is 2.53. The Bertz CT molecular complexity index is 682. The molecule has 0 fully saturated rings. The second kappa shape index (κ2) is 5.27. The Morgan fingerprint density at radius 1 is 1.15 bits per heavy atom. The number of hydrogen-bond donors (Lipinski definition) is 2. The lowest BCUT2D eigenvalue weighted by atomic mass is 10.1. The molecule has 102 valence electrons. The monoisotopic (exact) mass is 286 g/mol. The molecule has 0 spiro atoms. The van der Waals surface area contributed by atoms with Crippen LogP contribution < -0.4 is 10.6 Å². The zero-order valence-corrected chi connectivity index (χ0v) is 11.9. The molecule has 3 rings (SSSR count). The summed E-state index contributed by atoms with van der Waals surface area (Å²) >= 11 is 5.96. The Kier molecular flexibility index (Phi) is 3.47. The van der Waals surface area contributed by atoms with E-state index in [0.29, 0.717) is 10.6 Å². The van der Waals surface area contributed by atoms with Crippen molar-refractivity contribution < 1.29 is 4.79 Å². The second-order valence-electron chi connectivity index (χ2n) is 5.00. The van der Waals surface area contributed by atoms with Gasteiger partial charge in [0.2, 0.25) is 0 Å². The average molecular weight is 287 g/mol. The first kappa shape index (κ1) is 13.2. The highest BCUT2D eigenvalue weighted by Gasteiger charge is 2.14. The van der Waals surface area contributed by atoms with Crippen molar-refractivity contribution in [2.24, 2.45) is 0 Å². The van der Waals surface area contributed by atoms with Gasteiger partial charge in [0.25, 0.3) is 5.91 Å². The van der Waals surface area contributed by atoms with Gasteiger partial charge in [0, 0.05) is 29.4 Å². The highest BCUT2D eigenvalue weighted by atomic mass is 35.5. The summed E-state index contributed by atoms with van der Waals surface area (Å²) in [6.07, 6.45) is 0. The van der Waals surface area contributed by atoms with E-state index in [1.807, 2.05) is 37.3 Å². The molecule has 0 aromatic heterocycles. The number of halogens is 1. The number of carbonyl (C=O) groups is 1. The molecule has 3 nitrogen and oxygen atoms in total. The van der Waals surface area contributed by atoms with Crippen molar-refractivity contribution in [3.8, 4) is 0 Å². The molecule has 1 aliphatic heterocycles. The lowest BCUT2D eigenvalue weighted by Gasteiger charge is -2.09. The Morgan fingerprint density at radius 2 is 1.95 bits per heavy atom. The molecule has 0 radical (unpaired) electrons. The van der Waals surface area contributed by atoms with Crippen molar-refractivity contribution >= 4 is 23.2 Å². The van der Waals surface area contributed by atoms with Crippen molar-refractivity contribution in [1.29, 1.82) is 0 Å². The minimum absolute atomic E-state index is 0.106. The summed E-state index contributed by atoms with van der Waals surface area (Å²) in [4.78, 5) is 12.3. The van der Waals surface area contributed by atoms with Gasteiger partial charge in [0.05, 0.1) is 0 Å². The number of aryl methyl sites for hydroxylation is 1. The first-order valence-corrected chi connectivity index (χ1v) is 6.91. The molecule has 1 amide bonds. The molecular formula is C16H15ClN2O. The number of carbonyl (C=O) groups excluding carboxylic acids is 1. The highest BCUT2D eigenvalue weighted by Crippen LogP contribution is 2.22. The Hall–Kier alpha value is -1.84. The number of anilines is 1. The van der Waals surface area contributed by atoms with Gasteiger partial charge in [0.1, 0.15) is 0 Å². The van der Waals surface area contributed by atoms with Gasteiger partial charge in [-0.15, -0.1) is 0 Å². The van der Waals surface area contributed by atoms with Gasteiger partial charge in [-0.3, -0.25) is 4.79 Å². The van der Waals surface area contributed by atoms with E-state index in [4.69, 9.17) is 11.6 Å². The molecule has 0 unspecified atom stereocenters. The van der Waals surface area contributed by atoms with E-state index in [-0.39, 0.29) is 5.91 Å². The SMILES string of the molecule is Cc1ccc(Cl)cc1NC(=O)c1ccc2c(c1)CNC2. The lowest BCUT2D eigenvalue weighted by Crippen LogP contribution is -2.13. The van der Waals surface area contributed by atoms with Crippen LogP contribution in [0.3, 0.4) is 0 Å². The first-order chi connectivity index (χ1) is 9.63. The van der Waals surface area contributed by atoms with Gasteiger partial charge in [-0.2, -0.15) is 0 Å². The number of rotatable bonds is 2. The minimum Gasteiger partial charge on any atom is -0.322 e. The van der Waals surface area contributed by atoms with E-state index in [0.717, 1.165) is 24.3 Å². The quantitative estimate of drug-likeness (QED) is 0.887. The van der Waals surface area contributed by atoms with E-state index in [1.165, 1.54) is 11.1 Å². The van der Waals surface area contributed by atoms with E-state index in [1.54, 1.807) is 6.07 Å². The van der Waals surface area contributed by atoms with Gasteiger partial charge in [-0.25, -0.2) is 0 Å². The van der Waals surface area contributed by atoms with Crippen LogP contribution in [0.15, 0.2) is 36.4 Å². The third-order valence-electron chi connectivity index (χ3n) is 3.55. The van der Waals surface area contributed by atoms with Crippen molar-refractivity contribution in [1.82, 2.24) is 5.32 Å². The average Bonchev–Trinajstić information content (AvgIpc) is 2.90. The maximum Gasteiger partial charge on any atom is 0.255 e. The normalized spacial score (nSPS) is 13.1. The molecular weight excluding hydrogens is 272 g/mol. The third kappa shape index (κ3) is 2.55. The van der Waals surface area contributed by atoms with Gasteiger partial charge >= 0.3 is 0 Å². The fraction of sp³-hybridized carbons (Fsp3) is 0.188. The summed E-state index contributed by atoms with van der Waals surface area (Å²) in [5.74, 6) is -0.106. The molecule has 4 heteroatoms. The summed E-state index contributed by atoms with van der Waals surface area (Å²) in [7, 11) is 0. The van der Waals surface area contributed by atoms with Crippen LogP contribution in [-0.2, 0) is 13.1 Å². The van der Waals surface area contributed by atoms with Crippen molar-refractivity contribution in [2.75, 3.05) is 5.32 Å². The highest BCUT2D eigenvalue weighted by molar-refractivity contribution is 6.31. The van der Waals surface area contributed by atoms with Gasteiger partial charge in [-0.1, -0.05) is 23.7 Å². The van der Waals surface area contributed by atoms with E-state index < -0.39 is 0 Å². The molecule has 1 aliphatic rings. The maximum absolute atomic E-state index is 12.3. The van der Waals surface area contributed by atoms with Gasteiger partial charge in [0.15, 0.2) is 0 Å². The predicted octanol–water partition coefficient (Wildman–Crippen LogP) is 3.50. The molecule has 0 aliphatic carbocycles. The van der Waals surface area contributed by atoms with Crippen LogP contribution in [0.2, 0.25) is 5.02 Å². The minimum atomic E-state index is -0.106. The second-order valence-corrected chi connectivity index (χ2v) is 5.44. The standard InChI is InChI=1S/C16H15ClN2O/c1-10-2-5-14(17)7-15(10)19-16(20)11-3-4-12-8-18-9-13(12)6-11/h2-7,18H,8-9H2,1H3,(H,19,20). The smallest absolute Gasteiger partial charge is 0.255 e. The topological polar surface area (TPSA) is 41.1 Å². The molecule has 20 heavy (non-hydrogen) atoms. The summed E-state index contributed by atoms with van der Waals surface area (Å²) in [5.41, 5.74) is 4.87. The largest absolute Gasteiger partial charge is 0.322 e. The number of hydrogen-bond acceptors (Lipinski definition) is 2. The van der Waals surface area contributed by atoms with Crippen LogP contribution in [0.25, 0.3) is 0 Å². The Labute approximate surface area is 123 Å². The predicted molar refractivity (Wildman–Crippen MR) is 81.1 cm³/mol. The third-order valence-corrected chi connectivity index (χ3v) is 3.78. The fourth-order valence-electron chi connectivity index (χ4n) is 2.36. The van der Waals surface area contributed by atoms with Gasteiger partial charge < -0.3 is 10.6 Å². The van der Waals surface area contributed by atoms with Crippen molar-refractivity contribution in [2.45, 2.75) is 20.0 Å². The van der Waals surface area contributed by atoms with Crippen LogP contribution in [0.5, 0.6) is 0 Å². The number of amides is 1. The molecule has 0 atom stereocenters. The van der Waals surface area contributed by atoms with Crippen molar-refractivity contribution in [3.63, 3.8) is 0 Å². The lowest BCUT2D eigenvalue weighted by molar-refractivity contribution is 0.102. The summed E-state index contributed by atoms with van der Waals surface area (Å²) < 4.78 is 0. The number of nitrogens with one attached hydrogen (secondary N) is 2. The van der Waals surface area contributed by atoms with Crippen LogP contribution in [0.4, 0.5) is 5.69 Å². The number of fused-ring (bicyclic) bond motifs is 1. The van der Waals surface area contributed by atoms with Crippen LogP contribution in [-0.4, -0.2) is 5.91 Å². The Balaban J connectivity index is 1.84. The van der Waals surface area contributed by atoms with Crippen LogP contribution >= 0.6 is 11.6 Å². The molecule has 0 bridgehead atoms. The summed E-state index contributed by atoms with van der Waals surface area (Å²) in [5, 5.41) is 6.80.